The van der Waals surface area contributed by atoms with E-state index >= 15 is 4.79 Å². The Kier molecular flexibility index (Phi) is 16.3. The van der Waals surface area contributed by atoms with Crippen molar-refractivity contribution >= 4 is 29.8 Å². The summed E-state index contributed by atoms with van der Waals surface area (Å²) in [6, 6.07) is 15.7. The number of fused-ring (bicyclic) bond motifs is 5. The highest BCUT2D eigenvalue weighted by atomic mass is 16.6. The first kappa shape index (κ1) is 53.3. The molecule has 2 bridgehead atoms. The molecule has 0 aromatic heterocycles. The molecule has 6 rings (SSSR count). The Bertz CT molecular complexity index is 2240. The van der Waals surface area contributed by atoms with Crippen molar-refractivity contribution < 1.29 is 67.7 Å². The quantitative estimate of drug-likeness (QED) is 0.0367. The molecule has 1 saturated heterocycles. The molecule has 3 fully saturated rings. The number of nitrogens with one attached hydrogen (secondary N) is 1. The molecule has 0 spiro atoms. The molecule has 1 amide bonds. The van der Waals surface area contributed by atoms with Gasteiger partial charge in [-0.05, 0) is 69.9 Å². The smallest absolute Gasteiger partial charge is 0.408 e. The minimum atomic E-state index is -2.29. The Balaban J connectivity index is 1.47. The van der Waals surface area contributed by atoms with Crippen LogP contribution in [0.3, 0.4) is 0 Å². The van der Waals surface area contributed by atoms with Gasteiger partial charge in [-0.1, -0.05) is 114 Å². The number of aliphatic hydroxyl groups is 3. The highest BCUT2D eigenvalue weighted by molar-refractivity contribution is 5.94. The van der Waals surface area contributed by atoms with E-state index in [2.05, 4.69) is 18.8 Å². The van der Waals surface area contributed by atoms with Gasteiger partial charge in [-0.25, -0.2) is 9.59 Å². The van der Waals surface area contributed by atoms with Gasteiger partial charge in [0.2, 0.25) is 0 Å². The van der Waals surface area contributed by atoms with Gasteiger partial charge in [0, 0.05) is 31.6 Å². The van der Waals surface area contributed by atoms with E-state index in [0.29, 0.717) is 17.6 Å². The van der Waals surface area contributed by atoms with Crippen molar-refractivity contribution in [2.24, 2.45) is 16.7 Å². The van der Waals surface area contributed by atoms with Crippen LogP contribution >= 0.6 is 0 Å². The molecule has 2 aromatic rings. The van der Waals surface area contributed by atoms with Crippen LogP contribution in [0, 0.1) is 16.7 Å². The molecule has 2 saturated carbocycles. The van der Waals surface area contributed by atoms with E-state index < -0.39 is 106 Å². The predicted octanol–water partition coefficient (Wildman–Crippen LogP) is 7.94. The second kappa shape index (κ2) is 21.1. The van der Waals surface area contributed by atoms with E-state index in [1.165, 1.54) is 26.0 Å². The van der Waals surface area contributed by atoms with Crippen LogP contribution in [0.25, 0.3) is 0 Å². The third kappa shape index (κ3) is 10.7. The summed E-state index contributed by atoms with van der Waals surface area (Å²) in [4.78, 5) is 70.2. The van der Waals surface area contributed by atoms with Crippen LogP contribution in [0.5, 0.6) is 0 Å². The van der Waals surface area contributed by atoms with Crippen LogP contribution in [0.2, 0.25) is 0 Å². The van der Waals surface area contributed by atoms with E-state index in [9.17, 15) is 34.5 Å². The summed E-state index contributed by atoms with van der Waals surface area (Å²) in [5.74, 6) is -4.70. The molecule has 15 heteroatoms. The molecule has 1 heterocycles. The maximum atomic E-state index is 15.3. The molecule has 4 N–H and O–H groups in total. The van der Waals surface area contributed by atoms with E-state index in [-0.39, 0.29) is 42.8 Å². The fourth-order valence-electron chi connectivity index (χ4n) is 11.2. The number of ether oxygens (including phenoxy) is 6. The highest BCUT2D eigenvalue weighted by Gasteiger charge is 2.78. The average molecular weight is 960 g/mol. The number of Topliss-reactive ketones (excluding diaryl/α,β-unsaturated/α-hetero) is 1. The summed E-state index contributed by atoms with van der Waals surface area (Å²) in [6.45, 7) is 18.8. The number of hydrogen-bond acceptors (Lipinski definition) is 14. The third-order valence-electron chi connectivity index (χ3n) is 14.9. The van der Waals surface area contributed by atoms with E-state index in [0.717, 1.165) is 38.5 Å². The Morgan fingerprint density at radius 2 is 1.52 bits per heavy atom. The lowest BCUT2D eigenvalue weighted by Crippen LogP contribution is -2.81. The molecule has 1 aliphatic heterocycles. The number of rotatable bonds is 18. The number of carbonyl (C=O) groups is 5. The summed E-state index contributed by atoms with van der Waals surface area (Å²) in [5, 5.41) is 41.2. The Hall–Kier alpha value is -5.09. The SMILES string of the molecule is C=C(O[C@H]1C[C@@]2(O)[C@@H](OC(=O)c3ccccc3)C3[C@](C)(C(=O)[C@H](O)C(=C1C)C2(C)C)[C@@H](O)C[C@H]1OC[C@@]31OC(C)=O)[C@H](OC(=O)CCCCCCCCC)[C@@H](NC(=O)OC(C)(C)C)c1ccccc1. The number of amides is 1. The zero-order valence-corrected chi connectivity index (χ0v) is 41.7. The second-order valence-corrected chi connectivity index (χ2v) is 21.1. The Morgan fingerprint density at radius 1 is 0.913 bits per heavy atom. The number of aliphatic hydroxyl groups excluding tert-OH is 2. The topological polar surface area (TPSA) is 213 Å². The Labute approximate surface area is 406 Å². The van der Waals surface area contributed by atoms with Gasteiger partial charge in [-0.2, -0.15) is 0 Å². The molecule has 69 heavy (non-hydrogen) atoms. The minimum Gasteiger partial charge on any atom is -0.487 e. The lowest BCUT2D eigenvalue weighted by atomic mass is 9.44. The van der Waals surface area contributed by atoms with Gasteiger partial charge < -0.3 is 49.1 Å². The number of alkyl carbamates (subject to hydrolysis) is 1. The summed E-state index contributed by atoms with van der Waals surface area (Å²) in [5.41, 5.74) is -7.49. The van der Waals surface area contributed by atoms with Gasteiger partial charge in [0.1, 0.15) is 47.4 Å². The fraction of sp³-hybridized carbons (Fsp3) is 0.611. The van der Waals surface area contributed by atoms with Crippen molar-refractivity contribution in [3.8, 4) is 0 Å². The molecule has 2 aromatic carbocycles. The van der Waals surface area contributed by atoms with E-state index in [4.69, 9.17) is 28.4 Å². The van der Waals surface area contributed by atoms with E-state index in [1.54, 1.807) is 90.1 Å². The summed E-state index contributed by atoms with van der Waals surface area (Å²) in [6.07, 6.45) is -3.41. The number of unbranched alkanes of at least 4 members (excludes halogenated alkanes) is 6. The molecule has 4 aliphatic rings. The minimum absolute atomic E-state index is 0.0409. The van der Waals surface area contributed by atoms with Crippen LogP contribution in [-0.4, -0.2) is 105 Å². The van der Waals surface area contributed by atoms with Crippen molar-refractivity contribution in [2.45, 2.75) is 186 Å². The van der Waals surface area contributed by atoms with Gasteiger partial charge in [-0.15, -0.1) is 0 Å². The molecule has 1 unspecified atom stereocenters. The van der Waals surface area contributed by atoms with Gasteiger partial charge in [-0.3, -0.25) is 14.4 Å². The lowest BCUT2D eigenvalue weighted by molar-refractivity contribution is -0.346. The van der Waals surface area contributed by atoms with Gasteiger partial charge >= 0.3 is 24.0 Å². The molecule has 11 atom stereocenters. The first-order chi connectivity index (χ1) is 32.4. The number of carbonyl (C=O) groups excluding carboxylic acids is 5. The van der Waals surface area contributed by atoms with Crippen molar-refractivity contribution in [2.75, 3.05) is 6.61 Å². The second-order valence-electron chi connectivity index (χ2n) is 21.1. The van der Waals surface area contributed by atoms with Crippen LogP contribution < -0.4 is 5.32 Å². The maximum absolute atomic E-state index is 15.3. The number of benzene rings is 2. The van der Waals surface area contributed by atoms with E-state index in [1.807, 2.05) is 0 Å². The maximum Gasteiger partial charge on any atom is 0.408 e. The summed E-state index contributed by atoms with van der Waals surface area (Å²) < 4.78 is 37.2. The number of hydrogen-bond donors (Lipinski definition) is 4. The summed E-state index contributed by atoms with van der Waals surface area (Å²) in [7, 11) is 0. The Morgan fingerprint density at radius 3 is 2.10 bits per heavy atom. The van der Waals surface area contributed by atoms with Crippen molar-refractivity contribution in [3.63, 3.8) is 0 Å². The van der Waals surface area contributed by atoms with Gasteiger partial charge in [0.25, 0.3) is 0 Å². The predicted molar refractivity (Wildman–Crippen MR) is 254 cm³/mol. The van der Waals surface area contributed by atoms with Crippen LogP contribution in [0.1, 0.15) is 148 Å². The standard InChI is InChI=1S/C54H73NO14/c1-11-12-13-14-15-16-23-28-40(58)66-44(42(35-24-19-17-20-25-35)55-49(62)69-50(5,6)7)33(3)65-37-30-54(63)47(67-48(61)36-26-21-18-22-27-36)45-52(10,46(60)43(59)41(32(37)2)51(54,8)9)38(57)29-39-53(45,31-64-39)68-34(4)56/h17-22,24-27,37-39,42-45,47,57,59,63H,3,11-16,23,28-31H2,1-2,4-10H3,(H,55,62)/t37-,38-,39+,42-,43+,44-,45?,47-,52+,53-,54+/m0/s1. The largest absolute Gasteiger partial charge is 0.487 e. The average Bonchev–Trinajstić information content (AvgIpc) is 3.28. The first-order valence-electron chi connectivity index (χ1n) is 24.4. The molecule has 0 radical (unpaired) electrons. The molecule has 15 nitrogen and oxygen atoms in total. The van der Waals surface area contributed by atoms with Crippen molar-refractivity contribution in [3.05, 3.63) is 95.3 Å². The lowest BCUT2D eigenvalue weighted by Gasteiger charge is -2.67. The summed E-state index contributed by atoms with van der Waals surface area (Å²) >= 11 is 0. The third-order valence-corrected chi connectivity index (χ3v) is 14.9. The first-order valence-corrected chi connectivity index (χ1v) is 24.4. The molecular weight excluding hydrogens is 887 g/mol. The number of esters is 3. The van der Waals surface area contributed by atoms with Gasteiger partial charge in [0.15, 0.2) is 17.5 Å². The van der Waals surface area contributed by atoms with Crippen LogP contribution in [0.4, 0.5) is 4.79 Å². The fourth-order valence-corrected chi connectivity index (χ4v) is 11.2. The van der Waals surface area contributed by atoms with Crippen molar-refractivity contribution in [1.29, 1.82) is 0 Å². The molecular formula is C54H73NO14. The van der Waals surface area contributed by atoms with Crippen molar-refractivity contribution in [1.82, 2.24) is 5.32 Å². The number of ketones is 1. The monoisotopic (exact) mass is 960 g/mol. The zero-order valence-electron chi connectivity index (χ0n) is 41.7. The normalized spacial score (nSPS) is 30.1. The molecule has 3 aliphatic carbocycles. The van der Waals surface area contributed by atoms with Gasteiger partial charge in [0.05, 0.1) is 29.6 Å². The highest BCUT2D eigenvalue weighted by Crippen LogP contribution is 2.64. The zero-order chi connectivity index (χ0) is 50.7. The van der Waals surface area contributed by atoms with Crippen LogP contribution in [0.15, 0.2) is 84.1 Å². The molecule has 378 valence electrons. The van der Waals surface area contributed by atoms with Crippen LogP contribution in [-0.2, 0) is 42.8 Å².